The maximum atomic E-state index is 12.7. The largest absolute Gasteiger partial charge is 0.416 e. The van der Waals surface area contributed by atoms with E-state index >= 15 is 0 Å². The van der Waals surface area contributed by atoms with Crippen molar-refractivity contribution in [1.82, 2.24) is 10.2 Å². The van der Waals surface area contributed by atoms with Gasteiger partial charge in [0.2, 0.25) is 5.91 Å². The van der Waals surface area contributed by atoms with Crippen molar-refractivity contribution in [3.8, 4) is 0 Å². The molecule has 2 rings (SSSR count). The van der Waals surface area contributed by atoms with Gasteiger partial charge in [0, 0.05) is 24.3 Å². The average molecular weight is 371 g/mol. The van der Waals surface area contributed by atoms with Crippen LogP contribution in [0, 0.1) is 0 Å². The fraction of sp³-hybridized carbons (Fsp3) is 0.556. The number of carbonyl (C=O) groups excluding carboxylic acids is 2. The van der Waals surface area contributed by atoms with E-state index in [0.29, 0.717) is 18.7 Å². The Bertz CT molecular complexity index is 649. The van der Waals surface area contributed by atoms with E-state index in [4.69, 9.17) is 0 Å². The van der Waals surface area contributed by atoms with Crippen molar-refractivity contribution in [2.24, 2.45) is 0 Å². The van der Waals surface area contributed by atoms with Crippen LogP contribution in [-0.2, 0) is 11.0 Å². The summed E-state index contributed by atoms with van der Waals surface area (Å²) in [7, 11) is 0. The molecule has 0 radical (unpaired) electrons. The maximum absolute atomic E-state index is 12.7. The van der Waals surface area contributed by atoms with Crippen molar-refractivity contribution in [3.05, 3.63) is 29.8 Å². The number of nitrogens with one attached hydrogen (secondary N) is 1. The molecule has 1 aromatic rings. The smallest absolute Gasteiger partial charge is 0.326 e. The van der Waals surface area contributed by atoms with E-state index in [9.17, 15) is 22.8 Å². The lowest BCUT2D eigenvalue weighted by Gasteiger charge is -2.31. The molecule has 26 heavy (non-hydrogen) atoms. The molecular formula is C18H24F3N3O2. The van der Waals surface area contributed by atoms with Gasteiger partial charge in [-0.1, -0.05) is 0 Å². The number of hydrogen-bond donors (Lipinski definition) is 1. The summed E-state index contributed by atoms with van der Waals surface area (Å²) in [6.45, 7) is 7.92. The van der Waals surface area contributed by atoms with Crippen molar-refractivity contribution in [1.29, 1.82) is 0 Å². The Morgan fingerprint density at radius 2 is 1.69 bits per heavy atom. The predicted molar refractivity (Wildman–Crippen MR) is 92.8 cm³/mol. The highest BCUT2D eigenvalue weighted by molar-refractivity contribution is 6.01. The Hall–Kier alpha value is -2.25. The molecular weight excluding hydrogens is 347 g/mol. The summed E-state index contributed by atoms with van der Waals surface area (Å²) in [5.74, 6) is -0.314. The second-order valence-electron chi connectivity index (χ2n) is 6.92. The molecule has 1 aliphatic rings. The Balaban J connectivity index is 2.07. The lowest BCUT2D eigenvalue weighted by molar-refractivity contribution is -0.137. The molecule has 0 aromatic heterocycles. The molecule has 0 aliphatic carbocycles. The molecule has 144 valence electrons. The van der Waals surface area contributed by atoms with E-state index in [1.165, 1.54) is 17.0 Å². The average Bonchev–Trinajstić information content (AvgIpc) is 2.86. The molecule has 0 bridgehead atoms. The van der Waals surface area contributed by atoms with Crippen molar-refractivity contribution in [2.45, 2.75) is 58.4 Å². The SMILES string of the molecule is CC(C)N(C(=O)NC1CCN(c2ccc(C(F)(F)F)cc2)C1=O)C(C)C. The normalized spacial score (nSPS) is 18.0. The first-order valence-corrected chi connectivity index (χ1v) is 8.60. The zero-order valence-corrected chi connectivity index (χ0v) is 15.3. The number of anilines is 1. The van der Waals surface area contributed by atoms with Crippen LogP contribution in [0.25, 0.3) is 0 Å². The number of hydrogen-bond acceptors (Lipinski definition) is 2. The van der Waals surface area contributed by atoms with Crippen molar-refractivity contribution < 1.29 is 22.8 Å². The number of alkyl halides is 3. The minimum atomic E-state index is -4.42. The van der Waals surface area contributed by atoms with Gasteiger partial charge in [0.05, 0.1) is 5.56 Å². The minimum absolute atomic E-state index is 0.0162. The molecule has 1 atom stereocenters. The molecule has 1 N–H and O–H groups in total. The van der Waals surface area contributed by atoms with E-state index in [0.717, 1.165) is 12.1 Å². The van der Waals surface area contributed by atoms with Crippen LogP contribution in [0.2, 0.25) is 0 Å². The number of nitrogens with zero attached hydrogens (tertiary/aromatic N) is 2. The summed E-state index contributed by atoms with van der Waals surface area (Å²) >= 11 is 0. The molecule has 3 amide bonds. The third-order valence-corrected chi connectivity index (χ3v) is 4.36. The van der Waals surface area contributed by atoms with Gasteiger partial charge in [-0.15, -0.1) is 0 Å². The molecule has 1 aliphatic heterocycles. The van der Waals surface area contributed by atoms with E-state index < -0.39 is 17.8 Å². The number of halogens is 3. The van der Waals surface area contributed by atoms with E-state index in [2.05, 4.69) is 5.32 Å². The minimum Gasteiger partial charge on any atom is -0.326 e. The molecule has 5 nitrogen and oxygen atoms in total. The highest BCUT2D eigenvalue weighted by Gasteiger charge is 2.36. The van der Waals surface area contributed by atoms with Crippen LogP contribution in [0.3, 0.4) is 0 Å². The first-order chi connectivity index (χ1) is 12.0. The monoisotopic (exact) mass is 371 g/mol. The quantitative estimate of drug-likeness (QED) is 0.879. The fourth-order valence-corrected chi connectivity index (χ4v) is 3.19. The van der Waals surface area contributed by atoms with Crippen molar-refractivity contribution >= 4 is 17.6 Å². The summed E-state index contributed by atoms with van der Waals surface area (Å²) in [4.78, 5) is 28.1. The lowest BCUT2D eigenvalue weighted by Crippen LogP contribution is -2.52. The third kappa shape index (κ3) is 4.28. The van der Waals surface area contributed by atoms with E-state index in [-0.39, 0.29) is 24.0 Å². The van der Waals surface area contributed by atoms with Gasteiger partial charge in [-0.2, -0.15) is 13.2 Å². The van der Waals surface area contributed by atoms with Crippen molar-refractivity contribution in [2.75, 3.05) is 11.4 Å². The van der Waals surface area contributed by atoms with E-state index in [1.807, 2.05) is 27.7 Å². The van der Waals surface area contributed by atoms with Gasteiger partial charge in [-0.3, -0.25) is 4.79 Å². The first-order valence-electron chi connectivity index (χ1n) is 8.60. The Kier molecular flexibility index (Phi) is 5.83. The lowest BCUT2D eigenvalue weighted by atomic mass is 10.2. The van der Waals surface area contributed by atoms with Gasteiger partial charge in [0.15, 0.2) is 0 Å². The Morgan fingerprint density at radius 1 is 1.15 bits per heavy atom. The van der Waals surface area contributed by atoms with Gasteiger partial charge in [0.1, 0.15) is 6.04 Å². The summed E-state index contributed by atoms with van der Waals surface area (Å²) in [6, 6.07) is 3.43. The standard InChI is InChI=1S/C18H24F3N3O2/c1-11(2)24(12(3)4)17(26)22-15-9-10-23(16(15)25)14-7-5-13(6-8-14)18(19,20)21/h5-8,11-12,15H,9-10H2,1-4H3,(H,22,26). The number of benzene rings is 1. The number of urea groups is 1. The van der Waals surface area contributed by atoms with Gasteiger partial charge in [0.25, 0.3) is 0 Å². The van der Waals surface area contributed by atoms with Crippen LogP contribution >= 0.6 is 0 Å². The Morgan fingerprint density at radius 3 is 2.15 bits per heavy atom. The van der Waals surface area contributed by atoms with Crippen molar-refractivity contribution in [3.63, 3.8) is 0 Å². The van der Waals surface area contributed by atoms with Gasteiger partial charge < -0.3 is 15.1 Å². The predicted octanol–water partition coefficient (Wildman–Crippen LogP) is 3.64. The highest BCUT2D eigenvalue weighted by atomic mass is 19.4. The van der Waals surface area contributed by atoms with Crippen LogP contribution in [0.1, 0.15) is 39.7 Å². The second-order valence-corrected chi connectivity index (χ2v) is 6.92. The third-order valence-electron chi connectivity index (χ3n) is 4.36. The zero-order valence-electron chi connectivity index (χ0n) is 15.3. The highest BCUT2D eigenvalue weighted by Crippen LogP contribution is 2.31. The zero-order chi connectivity index (χ0) is 19.6. The number of amides is 3. The van der Waals surface area contributed by atoms with Gasteiger partial charge in [-0.25, -0.2) is 4.79 Å². The van der Waals surface area contributed by atoms with Gasteiger partial charge >= 0.3 is 12.2 Å². The summed E-state index contributed by atoms with van der Waals surface area (Å²) in [5, 5.41) is 2.74. The molecule has 1 fully saturated rings. The fourth-order valence-electron chi connectivity index (χ4n) is 3.19. The summed E-state index contributed by atoms with van der Waals surface area (Å²) < 4.78 is 38.0. The topological polar surface area (TPSA) is 52.7 Å². The summed E-state index contributed by atoms with van der Waals surface area (Å²) in [5.41, 5.74) is -0.369. The first kappa shape index (κ1) is 20.1. The van der Waals surface area contributed by atoms with Crippen LogP contribution in [-0.4, -0.2) is 41.5 Å². The van der Waals surface area contributed by atoms with Crippen LogP contribution in [0.15, 0.2) is 24.3 Å². The molecule has 1 heterocycles. The Labute approximate surface area is 151 Å². The molecule has 1 unspecified atom stereocenters. The maximum Gasteiger partial charge on any atom is 0.416 e. The van der Waals surface area contributed by atoms with Crippen LogP contribution in [0.4, 0.5) is 23.7 Å². The molecule has 0 saturated carbocycles. The number of rotatable bonds is 4. The van der Waals surface area contributed by atoms with Crippen LogP contribution < -0.4 is 10.2 Å². The van der Waals surface area contributed by atoms with Gasteiger partial charge in [-0.05, 0) is 58.4 Å². The molecule has 8 heteroatoms. The second kappa shape index (κ2) is 7.55. The number of carbonyl (C=O) groups is 2. The molecule has 1 aromatic carbocycles. The molecule has 1 saturated heterocycles. The summed E-state index contributed by atoms with van der Waals surface area (Å²) in [6.07, 6.45) is -4.00. The van der Waals surface area contributed by atoms with E-state index in [1.54, 1.807) is 4.90 Å². The molecule has 0 spiro atoms. The van der Waals surface area contributed by atoms with Crippen LogP contribution in [0.5, 0.6) is 0 Å².